The van der Waals surface area contributed by atoms with Crippen molar-refractivity contribution in [2.45, 2.75) is 36.0 Å². The number of hydrogen-bond donors (Lipinski definition) is 0. The van der Waals surface area contributed by atoms with Crippen LogP contribution in [0.1, 0.15) is 25.7 Å². The monoisotopic (exact) mass is 213 g/mol. The highest BCUT2D eigenvalue weighted by Crippen LogP contribution is 2.34. The van der Waals surface area contributed by atoms with Gasteiger partial charge in [0.15, 0.2) is 0 Å². The Bertz CT molecular complexity index is 284. The number of thioether (sulfide) groups is 1. The third kappa shape index (κ3) is 2.61. The van der Waals surface area contributed by atoms with Gasteiger partial charge in [-0.15, -0.1) is 11.8 Å². The molecule has 3 heteroatoms. The Morgan fingerprint density at radius 3 is 2.85 bits per heavy atom. The Kier molecular flexibility index (Phi) is 3.12. The molecule has 1 aliphatic carbocycles. The predicted octanol–water partition coefficient (Wildman–Crippen LogP) is 3.77. The first-order valence-corrected chi connectivity index (χ1v) is 5.88. The van der Waals surface area contributed by atoms with Gasteiger partial charge in [-0.2, -0.15) is 0 Å². The van der Waals surface area contributed by atoms with Crippen LogP contribution in [0.5, 0.6) is 0 Å². The number of pyridine rings is 1. The summed E-state index contributed by atoms with van der Waals surface area (Å²) in [5.41, 5.74) is 0. The molecule has 0 aromatic carbocycles. The molecule has 0 aliphatic heterocycles. The van der Waals surface area contributed by atoms with Crippen molar-refractivity contribution >= 4 is 23.4 Å². The molecule has 0 spiro atoms. The van der Waals surface area contributed by atoms with Crippen LogP contribution >= 0.6 is 23.4 Å². The second-order valence-corrected chi connectivity index (χ2v) is 5.09. The van der Waals surface area contributed by atoms with Crippen LogP contribution in [0.4, 0.5) is 0 Å². The summed E-state index contributed by atoms with van der Waals surface area (Å²) < 4.78 is 0. The van der Waals surface area contributed by atoms with Gasteiger partial charge in [-0.05, 0) is 25.0 Å². The van der Waals surface area contributed by atoms with Gasteiger partial charge in [0.05, 0.1) is 5.03 Å². The molecule has 0 N–H and O–H groups in total. The van der Waals surface area contributed by atoms with Gasteiger partial charge in [0.2, 0.25) is 0 Å². The zero-order valence-corrected chi connectivity index (χ0v) is 8.94. The molecule has 0 atom stereocenters. The van der Waals surface area contributed by atoms with Crippen molar-refractivity contribution < 1.29 is 0 Å². The molecule has 0 saturated heterocycles. The van der Waals surface area contributed by atoms with Crippen molar-refractivity contribution in [2.75, 3.05) is 0 Å². The summed E-state index contributed by atoms with van der Waals surface area (Å²) in [7, 11) is 0. The van der Waals surface area contributed by atoms with E-state index in [4.69, 9.17) is 11.6 Å². The van der Waals surface area contributed by atoms with Gasteiger partial charge in [0, 0.05) is 16.5 Å². The van der Waals surface area contributed by atoms with E-state index >= 15 is 0 Å². The third-order valence-electron chi connectivity index (χ3n) is 2.29. The average molecular weight is 214 g/mol. The molecule has 1 heterocycles. The van der Waals surface area contributed by atoms with E-state index in [-0.39, 0.29) is 0 Å². The van der Waals surface area contributed by atoms with Crippen LogP contribution in [-0.2, 0) is 0 Å². The molecule has 2 rings (SSSR count). The maximum atomic E-state index is 5.88. The van der Waals surface area contributed by atoms with Crippen LogP contribution in [0.15, 0.2) is 23.4 Å². The van der Waals surface area contributed by atoms with E-state index in [2.05, 4.69) is 4.98 Å². The van der Waals surface area contributed by atoms with Gasteiger partial charge >= 0.3 is 0 Å². The van der Waals surface area contributed by atoms with Crippen LogP contribution in [0.2, 0.25) is 5.02 Å². The summed E-state index contributed by atoms with van der Waals surface area (Å²) in [5, 5.41) is 2.63. The number of rotatable bonds is 2. The summed E-state index contributed by atoms with van der Waals surface area (Å²) in [4.78, 5) is 4.28. The Hall–Kier alpha value is -0.210. The summed E-state index contributed by atoms with van der Waals surface area (Å²) in [6.45, 7) is 0. The van der Waals surface area contributed by atoms with Crippen LogP contribution < -0.4 is 0 Å². The highest BCUT2D eigenvalue weighted by Gasteiger charge is 2.16. The number of hydrogen-bond acceptors (Lipinski definition) is 2. The topological polar surface area (TPSA) is 12.9 Å². The van der Waals surface area contributed by atoms with Gasteiger partial charge in [0.25, 0.3) is 0 Å². The fraction of sp³-hybridized carbons (Fsp3) is 0.500. The second-order valence-electron chi connectivity index (χ2n) is 3.34. The number of nitrogens with zero attached hydrogens (tertiary/aromatic N) is 1. The molecule has 13 heavy (non-hydrogen) atoms. The van der Waals surface area contributed by atoms with E-state index in [1.54, 1.807) is 6.20 Å². The molecule has 0 unspecified atom stereocenters. The molecule has 1 fully saturated rings. The van der Waals surface area contributed by atoms with Crippen LogP contribution in [0.3, 0.4) is 0 Å². The first-order valence-electron chi connectivity index (χ1n) is 4.63. The molecule has 1 aromatic rings. The lowest BCUT2D eigenvalue weighted by molar-refractivity contribution is 0.886. The van der Waals surface area contributed by atoms with Crippen molar-refractivity contribution in [3.63, 3.8) is 0 Å². The maximum Gasteiger partial charge on any atom is 0.0977 e. The van der Waals surface area contributed by atoms with Crippen molar-refractivity contribution in [3.05, 3.63) is 23.4 Å². The molecule has 0 bridgehead atoms. The fourth-order valence-corrected chi connectivity index (χ4v) is 3.08. The highest BCUT2D eigenvalue weighted by atomic mass is 35.5. The fourth-order valence-electron chi connectivity index (χ4n) is 1.63. The molecule has 1 nitrogen and oxygen atoms in total. The lowest BCUT2D eigenvalue weighted by Crippen LogP contribution is -1.94. The lowest BCUT2D eigenvalue weighted by atomic mass is 10.4. The normalized spacial score (nSPS) is 17.9. The van der Waals surface area contributed by atoms with E-state index in [0.717, 1.165) is 15.3 Å². The minimum atomic E-state index is 0.769. The smallest absolute Gasteiger partial charge is 0.0977 e. The largest absolute Gasteiger partial charge is 0.250 e. The third-order valence-corrected chi connectivity index (χ3v) is 3.79. The van der Waals surface area contributed by atoms with Gasteiger partial charge in [-0.1, -0.05) is 24.4 Å². The summed E-state index contributed by atoms with van der Waals surface area (Å²) in [6.07, 6.45) is 7.19. The molecule has 1 saturated carbocycles. The molecule has 1 aliphatic rings. The Morgan fingerprint density at radius 2 is 2.15 bits per heavy atom. The highest BCUT2D eigenvalue weighted by molar-refractivity contribution is 7.99. The molecule has 1 aromatic heterocycles. The van der Waals surface area contributed by atoms with Gasteiger partial charge in [0.1, 0.15) is 0 Å². The van der Waals surface area contributed by atoms with Crippen molar-refractivity contribution in [1.29, 1.82) is 0 Å². The minimum Gasteiger partial charge on any atom is -0.250 e. The van der Waals surface area contributed by atoms with Crippen molar-refractivity contribution in [2.24, 2.45) is 0 Å². The van der Waals surface area contributed by atoms with Crippen LogP contribution in [-0.4, -0.2) is 10.2 Å². The summed E-state index contributed by atoms with van der Waals surface area (Å²) in [6, 6.07) is 3.77. The van der Waals surface area contributed by atoms with Gasteiger partial charge in [-0.3, -0.25) is 0 Å². The van der Waals surface area contributed by atoms with Crippen LogP contribution in [0.25, 0.3) is 0 Å². The minimum absolute atomic E-state index is 0.769. The Morgan fingerprint density at radius 1 is 1.38 bits per heavy atom. The number of aromatic nitrogens is 1. The van der Waals surface area contributed by atoms with Gasteiger partial charge in [-0.25, -0.2) is 4.98 Å². The standard InChI is InChI=1S/C10H12ClNS/c11-8-5-6-12-10(7-8)13-9-3-1-2-4-9/h5-7,9H,1-4H2. The van der Waals surface area contributed by atoms with Crippen molar-refractivity contribution in [3.8, 4) is 0 Å². The van der Waals surface area contributed by atoms with E-state index in [1.165, 1.54) is 25.7 Å². The summed E-state index contributed by atoms with van der Waals surface area (Å²) >= 11 is 7.75. The zero-order chi connectivity index (χ0) is 9.10. The first-order chi connectivity index (χ1) is 6.34. The first kappa shape index (κ1) is 9.35. The summed E-state index contributed by atoms with van der Waals surface area (Å²) in [5.74, 6) is 0. The molecule has 0 radical (unpaired) electrons. The maximum absolute atomic E-state index is 5.88. The number of halogens is 1. The molecule has 0 amide bonds. The Balaban J connectivity index is 2.00. The Labute approximate surface area is 87.9 Å². The molecular weight excluding hydrogens is 202 g/mol. The molecular formula is C10H12ClNS. The molecule has 70 valence electrons. The van der Waals surface area contributed by atoms with Crippen molar-refractivity contribution in [1.82, 2.24) is 4.98 Å². The quantitative estimate of drug-likeness (QED) is 0.742. The SMILES string of the molecule is Clc1ccnc(SC2CCCC2)c1. The van der Waals surface area contributed by atoms with Gasteiger partial charge < -0.3 is 0 Å². The van der Waals surface area contributed by atoms with Crippen LogP contribution in [0, 0.1) is 0 Å². The second kappa shape index (κ2) is 4.34. The van der Waals surface area contributed by atoms with E-state index in [0.29, 0.717) is 0 Å². The van der Waals surface area contributed by atoms with E-state index < -0.39 is 0 Å². The zero-order valence-electron chi connectivity index (χ0n) is 7.37. The van der Waals surface area contributed by atoms with E-state index in [1.807, 2.05) is 23.9 Å². The predicted molar refractivity (Wildman–Crippen MR) is 57.4 cm³/mol. The lowest BCUT2D eigenvalue weighted by Gasteiger charge is -2.06. The van der Waals surface area contributed by atoms with E-state index in [9.17, 15) is 0 Å². The average Bonchev–Trinajstić information content (AvgIpc) is 2.57.